The smallest absolute Gasteiger partial charge is 0.206 e. The minimum atomic E-state index is -0.806. The molecule has 5 rings (SSSR count). The summed E-state index contributed by atoms with van der Waals surface area (Å²) in [5, 5.41) is 11.9. The molecule has 9 nitrogen and oxygen atoms in total. The van der Waals surface area contributed by atoms with Gasteiger partial charge in [0.15, 0.2) is 5.82 Å². The number of fused-ring (bicyclic) bond motifs is 6. The molecule has 4 heterocycles. The topological polar surface area (TPSA) is 90.6 Å². The normalized spacial score (nSPS) is 12.0. The highest BCUT2D eigenvalue weighted by atomic mass is 35.5. The summed E-state index contributed by atoms with van der Waals surface area (Å²) in [7, 11) is 0. The van der Waals surface area contributed by atoms with Crippen molar-refractivity contribution in [1.82, 2.24) is 43.8 Å². The molecule has 124 valence electrons. The Morgan fingerprint density at radius 1 is 0.720 bits per heavy atom. The average molecular weight is 382 g/mol. The highest BCUT2D eigenvalue weighted by Gasteiger charge is 2.22. The van der Waals surface area contributed by atoms with Crippen LogP contribution in [-0.4, -0.2) is 43.8 Å². The Kier molecular flexibility index (Phi) is 2.77. The third-order valence-corrected chi connectivity index (χ3v) is 3.79. The lowest BCUT2D eigenvalue weighted by Gasteiger charge is -1.98. The molecule has 0 aliphatic rings. The van der Waals surface area contributed by atoms with Crippen LogP contribution in [-0.2, 0) is 0 Å². The first-order valence-corrected chi connectivity index (χ1v) is 7.46. The second kappa shape index (κ2) is 4.80. The molecule has 5 aromatic rings. The molecule has 13 heteroatoms. The molecule has 0 radical (unpaired) electrons. The number of benzene rings is 1. The number of nitrogens with zero attached hydrogens (tertiary/aromatic N) is 9. The molecule has 0 amide bonds. The van der Waals surface area contributed by atoms with Crippen molar-refractivity contribution in [2.75, 3.05) is 0 Å². The Morgan fingerprint density at radius 3 is 1.76 bits per heavy atom. The molecule has 0 unspecified atom stereocenters. The van der Waals surface area contributed by atoms with Gasteiger partial charge in [-0.15, -0.1) is 15.3 Å². The zero-order valence-corrected chi connectivity index (χ0v) is 13.3. The van der Waals surface area contributed by atoms with Crippen molar-refractivity contribution in [3.8, 4) is 11.4 Å². The van der Waals surface area contributed by atoms with Gasteiger partial charge in [0.25, 0.3) is 17.3 Å². The van der Waals surface area contributed by atoms with Crippen LogP contribution in [0.5, 0.6) is 0 Å². The van der Waals surface area contributed by atoms with Crippen LogP contribution in [0.3, 0.4) is 0 Å². The van der Waals surface area contributed by atoms with Gasteiger partial charge in [0.2, 0.25) is 10.6 Å². The summed E-state index contributed by atoms with van der Waals surface area (Å²) in [6.07, 6.45) is 0. The summed E-state index contributed by atoms with van der Waals surface area (Å²) < 4.78 is 31.8. The number of aromatic nitrogens is 9. The van der Waals surface area contributed by atoms with E-state index < -0.39 is 11.6 Å². The third kappa shape index (κ3) is 1.93. The zero-order valence-electron chi connectivity index (χ0n) is 11.8. The quantitative estimate of drug-likeness (QED) is 0.441. The van der Waals surface area contributed by atoms with E-state index in [1.807, 2.05) is 0 Å². The van der Waals surface area contributed by atoms with Gasteiger partial charge in [-0.05, 0) is 35.3 Å². The minimum absolute atomic E-state index is 0.0809. The van der Waals surface area contributed by atoms with E-state index in [2.05, 4.69) is 30.2 Å². The van der Waals surface area contributed by atoms with Gasteiger partial charge in [0.1, 0.15) is 11.6 Å². The lowest BCUT2D eigenvalue weighted by atomic mass is 10.2. The van der Waals surface area contributed by atoms with Gasteiger partial charge in [0, 0.05) is 0 Å². The van der Waals surface area contributed by atoms with Crippen LogP contribution in [0.25, 0.3) is 28.7 Å². The molecule has 0 fully saturated rings. The van der Waals surface area contributed by atoms with Crippen molar-refractivity contribution in [3.63, 3.8) is 0 Å². The summed E-state index contributed by atoms with van der Waals surface area (Å²) >= 11 is 11.7. The lowest BCUT2D eigenvalue weighted by molar-refractivity contribution is 0.587. The summed E-state index contributed by atoms with van der Waals surface area (Å²) in [6, 6.07) is 3.46. The van der Waals surface area contributed by atoms with Crippen LogP contribution < -0.4 is 0 Å². The van der Waals surface area contributed by atoms with Crippen LogP contribution >= 0.6 is 23.2 Å². The zero-order chi connectivity index (χ0) is 17.3. The molecule has 4 aromatic heterocycles. The van der Waals surface area contributed by atoms with Gasteiger partial charge in [-0.2, -0.15) is 28.5 Å². The highest BCUT2D eigenvalue weighted by molar-refractivity contribution is 6.28. The predicted molar refractivity (Wildman–Crippen MR) is 81.4 cm³/mol. The first-order chi connectivity index (χ1) is 12.0. The minimum Gasteiger partial charge on any atom is -0.206 e. The van der Waals surface area contributed by atoms with Crippen molar-refractivity contribution in [2.24, 2.45) is 0 Å². The summed E-state index contributed by atoms with van der Waals surface area (Å²) in [6.45, 7) is 0. The van der Waals surface area contributed by atoms with Crippen LogP contribution in [0.15, 0.2) is 18.2 Å². The maximum absolute atomic E-state index is 14.1. The number of hydrogen-bond donors (Lipinski definition) is 0. The summed E-state index contributed by atoms with van der Waals surface area (Å²) in [5.41, 5.74) is -0.380. The standard InChI is InChI=1S/C12H3Cl2F2N9/c13-8-18-11-23-10(24-12(25(11)22-8)19-9(14)21-24)17-7(20-23)6-4(15)2-1-3-5(6)16/h1-3H. The molecule has 0 bridgehead atoms. The van der Waals surface area contributed by atoms with Gasteiger partial charge < -0.3 is 0 Å². The second-order valence-electron chi connectivity index (χ2n) is 4.93. The van der Waals surface area contributed by atoms with Crippen molar-refractivity contribution in [3.05, 3.63) is 40.4 Å². The van der Waals surface area contributed by atoms with E-state index in [0.717, 1.165) is 12.1 Å². The molecular formula is C12H3Cl2F2N9. The van der Waals surface area contributed by atoms with Crippen molar-refractivity contribution in [1.29, 1.82) is 0 Å². The number of halogens is 4. The van der Waals surface area contributed by atoms with E-state index in [4.69, 9.17) is 23.2 Å². The fourth-order valence-electron chi connectivity index (χ4n) is 2.49. The molecule has 0 aliphatic carbocycles. The monoisotopic (exact) mass is 381 g/mol. The SMILES string of the molecule is Fc1cccc(F)c1-c1nc2n3nc(Cl)nc3n3nc(Cl)nc3n2n1. The first kappa shape index (κ1) is 14.4. The molecule has 0 N–H and O–H groups in total. The molecule has 0 atom stereocenters. The van der Waals surface area contributed by atoms with Crippen LogP contribution in [0.1, 0.15) is 0 Å². The van der Waals surface area contributed by atoms with Crippen LogP contribution in [0.2, 0.25) is 10.6 Å². The van der Waals surface area contributed by atoms with E-state index in [1.54, 1.807) is 0 Å². The Balaban J connectivity index is 1.97. The largest absolute Gasteiger partial charge is 0.261 e. The summed E-state index contributed by atoms with van der Waals surface area (Å²) in [4.78, 5) is 12.2. The maximum atomic E-state index is 14.1. The Morgan fingerprint density at radius 2 is 1.20 bits per heavy atom. The molecule has 0 saturated heterocycles. The van der Waals surface area contributed by atoms with Gasteiger partial charge in [0.05, 0.1) is 5.56 Å². The molecule has 0 aliphatic heterocycles. The van der Waals surface area contributed by atoms with E-state index >= 15 is 0 Å². The van der Waals surface area contributed by atoms with Crippen molar-refractivity contribution in [2.45, 2.75) is 0 Å². The van der Waals surface area contributed by atoms with Crippen molar-refractivity contribution < 1.29 is 8.78 Å². The lowest BCUT2D eigenvalue weighted by Crippen LogP contribution is -2.06. The molecule has 0 saturated carbocycles. The van der Waals surface area contributed by atoms with E-state index in [1.165, 1.54) is 19.6 Å². The van der Waals surface area contributed by atoms with Gasteiger partial charge in [-0.25, -0.2) is 8.78 Å². The second-order valence-corrected chi connectivity index (χ2v) is 5.61. The third-order valence-electron chi connectivity index (χ3n) is 3.47. The Labute approximate surface area is 145 Å². The fourth-order valence-corrected chi connectivity index (χ4v) is 2.80. The van der Waals surface area contributed by atoms with E-state index in [9.17, 15) is 8.78 Å². The van der Waals surface area contributed by atoms with Crippen molar-refractivity contribution >= 4 is 40.5 Å². The fraction of sp³-hybridized carbons (Fsp3) is 0. The first-order valence-electron chi connectivity index (χ1n) is 6.70. The molecule has 1 aromatic carbocycles. The van der Waals surface area contributed by atoms with Crippen LogP contribution in [0.4, 0.5) is 8.78 Å². The predicted octanol–water partition coefficient (Wildman–Crippen LogP) is 2.07. The Bertz CT molecular complexity index is 1210. The average Bonchev–Trinajstić information content (AvgIpc) is 3.22. The molecular weight excluding hydrogens is 379 g/mol. The van der Waals surface area contributed by atoms with E-state index in [0.29, 0.717) is 0 Å². The summed E-state index contributed by atoms with van der Waals surface area (Å²) in [5.74, 6) is -1.43. The molecule has 25 heavy (non-hydrogen) atoms. The Hall–Kier alpha value is -2.92. The maximum Gasteiger partial charge on any atom is 0.261 e. The van der Waals surface area contributed by atoms with E-state index in [-0.39, 0.29) is 39.3 Å². The number of rotatable bonds is 1. The molecule has 0 spiro atoms. The van der Waals surface area contributed by atoms with Crippen LogP contribution in [0, 0.1) is 11.6 Å². The highest BCUT2D eigenvalue weighted by Crippen LogP contribution is 2.24. The number of hydrogen-bond acceptors (Lipinski definition) is 6. The van der Waals surface area contributed by atoms with Gasteiger partial charge in [-0.3, -0.25) is 0 Å². The van der Waals surface area contributed by atoms with Gasteiger partial charge in [-0.1, -0.05) is 6.07 Å². The van der Waals surface area contributed by atoms with Gasteiger partial charge >= 0.3 is 0 Å².